The zero-order valence-electron chi connectivity index (χ0n) is 25.0. The maximum Gasteiger partial charge on any atom is 0.303 e. The van der Waals surface area contributed by atoms with Crippen LogP contribution in [0.2, 0.25) is 0 Å². The minimum absolute atomic E-state index is 0.167. The van der Waals surface area contributed by atoms with E-state index in [2.05, 4.69) is 0 Å². The molecule has 1 fully saturated rings. The molecule has 1 aliphatic rings. The lowest BCUT2D eigenvalue weighted by Crippen LogP contribution is -2.61. The Morgan fingerprint density at radius 2 is 1.51 bits per heavy atom. The number of methoxy groups -OCH3 is 1. The summed E-state index contributed by atoms with van der Waals surface area (Å²) in [6, 6.07) is 13.2. The van der Waals surface area contributed by atoms with Gasteiger partial charge in [-0.2, -0.15) is 5.26 Å². The summed E-state index contributed by atoms with van der Waals surface area (Å²) in [5, 5.41) is 10.1. The van der Waals surface area contributed by atoms with Gasteiger partial charge in [0, 0.05) is 33.3 Å². The van der Waals surface area contributed by atoms with Gasteiger partial charge in [-0.1, -0.05) is 0 Å². The number of esters is 4. The Morgan fingerprint density at radius 3 is 2.04 bits per heavy atom. The van der Waals surface area contributed by atoms with Crippen LogP contribution in [0.1, 0.15) is 39.5 Å². The van der Waals surface area contributed by atoms with E-state index in [1.54, 1.807) is 36.4 Å². The molecule has 1 aliphatic heterocycles. The van der Waals surface area contributed by atoms with Crippen LogP contribution in [0.3, 0.4) is 0 Å². The van der Waals surface area contributed by atoms with Crippen LogP contribution in [0.25, 0.3) is 22.6 Å². The van der Waals surface area contributed by atoms with Gasteiger partial charge in [0.1, 0.15) is 35.9 Å². The lowest BCUT2D eigenvalue weighted by Gasteiger charge is -2.45. The molecule has 45 heavy (non-hydrogen) atoms. The van der Waals surface area contributed by atoms with Gasteiger partial charge in [-0.3, -0.25) is 28.5 Å². The number of aromatic nitrogens is 1. The van der Waals surface area contributed by atoms with Gasteiger partial charge in [0.2, 0.25) is 0 Å². The van der Waals surface area contributed by atoms with E-state index in [1.165, 1.54) is 19.4 Å². The minimum atomic E-state index is -1.60. The Kier molecular flexibility index (Phi) is 10.0. The summed E-state index contributed by atoms with van der Waals surface area (Å²) in [6.07, 6.45) is -6.13. The Morgan fingerprint density at radius 1 is 0.889 bits per heavy atom. The SMILES string of the molecule is COc1ccc(-c2cc(-c3ccco3)c(C#N)c(=O)n2[C@@H]2O[C@@H](COC(C)=O)[C@@H](OC(C)=O)[C@H](OC(C)=O)[C@@H]2OC(C)=O)cc1. The van der Waals surface area contributed by atoms with E-state index in [9.17, 15) is 29.2 Å². The summed E-state index contributed by atoms with van der Waals surface area (Å²) in [5.41, 5.74) is -0.430. The van der Waals surface area contributed by atoms with Gasteiger partial charge in [0.25, 0.3) is 5.56 Å². The molecule has 3 heterocycles. The molecule has 5 atom stereocenters. The largest absolute Gasteiger partial charge is 0.497 e. The van der Waals surface area contributed by atoms with E-state index in [-0.39, 0.29) is 22.6 Å². The highest BCUT2D eigenvalue weighted by atomic mass is 16.7. The van der Waals surface area contributed by atoms with Crippen molar-refractivity contribution in [2.75, 3.05) is 13.7 Å². The first-order valence-electron chi connectivity index (χ1n) is 13.6. The van der Waals surface area contributed by atoms with Crippen LogP contribution in [0, 0.1) is 11.3 Å². The molecule has 3 aromatic rings. The maximum absolute atomic E-state index is 14.3. The quantitative estimate of drug-likeness (QED) is 0.251. The molecule has 14 heteroatoms. The molecule has 0 aliphatic carbocycles. The van der Waals surface area contributed by atoms with Gasteiger partial charge >= 0.3 is 23.9 Å². The lowest BCUT2D eigenvalue weighted by atomic mass is 9.95. The molecular weight excluding hydrogens is 592 g/mol. The first-order chi connectivity index (χ1) is 21.4. The van der Waals surface area contributed by atoms with E-state index in [0.29, 0.717) is 11.3 Å². The predicted octanol–water partition coefficient (Wildman–Crippen LogP) is 2.91. The average molecular weight is 623 g/mol. The van der Waals surface area contributed by atoms with Gasteiger partial charge in [-0.25, -0.2) is 0 Å². The van der Waals surface area contributed by atoms with Crippen molar-refractivity contribution in [3.8, 4) is 34.4 Å². The highest BCUT2D eigenvalue weighted by Gasteiger charge is 2.53. The fraction of sp³-hybridized carbons (Fsp3) is 0.355. The molecule has 4 rings (SSSR count). The number of nitrogens with zero attached hydrogens (tertiary/aromatic N) is 2. The van der Waals surface area contributed by atoms with Crippen molar-refractivity contribution in [2.24, 2.45) is 0 Å². The molecule has 1 saturated heterocycles. The van der Waals surface area contributed by atoms with Crippen LogP contribution in [0.4, 0.5) is 0 Å². The molecule has 0 bridgehead atoms. The summed E-state index contributed by atoms with van der Waals surface area (Å²) in [4.78, 5) is 63.0. The first-order valence-corrected chi connectivity index (χ1v) is 13.6. The maximum atomic E-state index is 14.3. The summed E-state index contributed by atoms with van der Waals surface area (Å²) >= 11 is 0. The number of hydrogen-bond acceptors (Lipinski definition) is 13. The Labute approximate surface area is 256 Å². The highest BCUT2D eigenvalue weighted by molar-refractivity contribution is 5.74. The van der Waals surface area contributed by atoms with Gasteiger partial charge in [0.05, 0.1) is 19.1 Å². The third kappa shape index (κ3) is 7.22. The van der Waals surface area contributed by atoms with Crippen molar-refractivity contribution in [3.63, 3.8) is 0 Å². The number of rotatable bonds is 9. The van der Waals surface area contributed by atoms with Gasteiger partial charge in [-0.05, 0) is 48.0 Å². The number of pyridine rings is 1. The summed E-state index contributed by atoms with van der Waals surface area (Å²) in [7, 11) is 1.49. The van der Waals surface area contributed by atoms with E-state index < -0.39 is 66.7 Å². The average Bonchev–Trinajstić information content (AvgIpc) is 3.52. The van der Waals surface area contributed by atoms with Crippen LogP contribution in [0.5, 0.6) is 5.75 Å². The number of carbonyl (C=O) groups excluding carboxylic acids is 4. The molecule has 0 spiro atoms. The number of ether oxygens (including phenoxy) is 6. The third-order valence-electron chi connectivity index (χ3n) is 6.75. The molecule has 0 radical (unpaired) electrons. The van der Waals surface area contributed by atoms with Gasteiger partial charge in [-0.15, -0.1) is 0 Å². The standard InChI is InChI=1S/C31H30N2O12/c1-16(34)41-15-26-27(42-17(2)35)28(43-18(3)36)29(44-19(4)37)31(45-26)33-24(20-8-10-21(39-5)11-9-20)13-22(23(14-32)30(33)38)25-7-6-12-40-25/h6-13,26-29,31H,15H2,1-5H3/t26-,27+,28-,29-,31+/m0/s1. The predicted molar refractivity (Wildman–Crippen MR) is 152 cm³/mol. The van der Waals surface area contributed by atoms with Crippen LogP contribution in [-0.2, 0) is 42.9 Å². The first kappa shape index (κ1) is 32.5. The van der Waals surface area contributed by atoms with Crippen molar-refractivity contribution in [1.82, 2.24) is 4.57 Å². The minimum Gasteiger partial charge on any atom is -0.497 e. The van der Waals surface area contributed by atoms with Crippen molar-refractivity contribution >= 4 is 23.9 Å². The molecule has 0 saturated carbocycles. The molecule has 236 valence electrons. The van der Waals surface area contributed by atoms with E-state index in [1.807, 2.05) is 6.07 Å². The van der Waals surface area contributed by atoms with E-state index in [0.717, 1.165) is 32.3 Å². The van der Waals surface area contributed by atoms with Crippen molar-refractivity contribution in [3.05, 3.63) is 64.6 Å². The van der Waals surface area contributed by atoms with E-state index in [4.69, 9.17) is 32.8 Å². The Bertz CT molecular complexity index is 1670. The zero-order valence-corrected chi connectivity index (χ0v) is 25.0. The molecule has 0 amide bonds. The number of hydrogen-bond donors (Lipinski definition) is 0. The topological polar surface area (TPSA) is 183 Å². The molecule has 0 unspecified atom stereocenters. The number of benzene rings is 1. The van der Waals surface area contributed by atoms with Crippen molar-refractivity contribution < 1.29 is 52.0 Å². The fourth-order valence-corrected chi connectivity index (χ4v) is 5.01. The van der Waals surface area contributed by atoms with Crippen LogP contribution >= 0.6 is 0 Å². The smallest absolute Gasteiger partial charge is 0.303 e. The fourth-order valence-electron chi connectivity index (χ4n) is 5.01. The second kappa shape index (κ2) is 13.9. The second-order valence-electron chi connectivity index (χ2n) is 9.90. The number of nitriles is 1. The Hall–Kier alpha value is -5.42. The third-order valence-corrected chi connectivity index (χ3v) is 6.75. The van der Waals surface area contributed by atoms with Crippen molar-refractivity contribution in [2.45, 2.75) is 58.3 Å². The molecule has 2 aromatic heterocycles. The normalized spacial score (nSPS) is 20.8. The van der Waals surface area contributed by atoms with Gasteiger partial charge < -0.3 is 32.8 Å². The van der Waals surface area contributed by atoms with Crippen LogP contribution in [-0.4, -0.2) is 66.6 Å². The second-order valence-corrected chi connectivity index (χ2v) is 9.90. The van der Waals surface area contributed by atoms with Crippen molar-refractivity contribution in [1.29, 1.82) is 5.26 Å². The Balaban J connectivity index is 2.04. The molecule has 0 N–H and O–H groups in total. The zero-order chi connectivity index (χ0) is 32.8. The van der Waals surface area contributed by atoms with E-state index >= 15 is 0 Å². The summed E-state index contributed by atoms with van der Waals surface area (Å²) in [6.45, 7) is 3.91. The van der Waals surface area contributed by atoms with Crippen LogP contribution < -0.4 is 10.3 Å². The summed E-state index contributed by atoms with van der Waals surface area (Å²) in [5.74, 6) is -2.45. The number of furan rings is 1. The lowest BCUT2D eigenvalue weighted by molar-refractivity contribution is -0.268. The monoisotopic (exact) mass is 622 g/mol. The van der Waals surface area contributed by atoms with Crippen LogP contribution in [0.15, 0.2) is 57.9 Å². The summed E-state index contributed by atoms with van der Waals surface area (Å²) < 4.78 is 39.8. The number of carbonyl (C=O) groups is 4. The molecule has 1 aromatic carbocycles. The molecular formula is C31H30N2O12. The van der Waals surface area contributed by atoms with Gasteiger partial charge in [0.15, 0.2) is 24.5 Å². The highest BCUT2D eigenvalue weighted by Crippen LogP contribution is 2.38. The molecule has 14 nitrogen and oxygen atoms in total.